The van der Waals surface area contributed by atoms with E-state index in [0.717, 1.165) is 17.0 Å². The molecule has 0 fully saturated rings. The normalized spacial score (nSPS) is 10.3. The minimum Gasteiger partial charge on any atom is -0.366 e. The van der Waals surface area contributed by atoms with Gasteiger partial charge in [0, 0.05) is 24.2 Å². The number of nitrogens with zero attached hydrogens (tertiary/aromatic N) is 3. The predicted octanol–water partition coefficient (Wildman–Crippen LogP) is 3.78. The van der Waals surface area contributed by atoms with Gasteiger partial charge in [-0.05, 0) is 6.92 Å². The number of rotatable bonds is 6. The van der Waals surface area contributed by atoms with E-state index in [1.807, 2.05) is 43.3 Å². The van der Waals surface area contributed by atoms with E-state index in [-0.39, 0.29) is 0 Å². The lowest BCUT2D eigenvalue weighted by molar-refractivity contribution is 0.400. The van der Waals surface area contributed by atoms with Crippen LogP contribution in [-0.2, 0) is 0 Å². The molecule has 2 heterocycles. The van der Waals surface area contributed by atoms with Crippen LogP contribution in [0.5, 0.6) is 0 Å². The number of anilines is 3. The Morgan fingerprint density at radius 2 is 1.96 bits per heavy atom. The largest absolute Gasteiger partial charge is 0.366 e. The summed E-state index contributed by atoms with van der Waals surface area (Å²) in [5, 5.41) is 10.1. The van der Waals surface area contributed by atoms with E-state index in [1.54, 1.807) is 12.1 Å². The van der Waals surface area contributed by atoms with E-state index in [0.29, 0.717) is 24.1 Å². The smallest absolute Gasteiger partial charge is 0.231 e. The molecule has 6 heteroatoms. The Balaban J connectivity index is 1.95. The van der Waals surface area contributed by atoms with Crippen molar-refractivity contribution in [2.24, 2.45) is 0 Å². The second-order valence-corrected chi connectivity index (χ2v) is 4.95. The molecule has 0 saturated heterocycles. The topological polar surface area (TPSA) is 75.9 Å². The first-order valence-corrected chi connectivity index (χ1v) is 7.24. The van der Waals surface area contributed by atoms with E-state index in [9.17, 15) is 0 Å². The van der Waals surface area contributed by atoms with Crippen molar-refractivity contribution in [1.29, 1.82) is 0 Å². The molecule has 0 bridgehead atoms. The van der Waals surface area contributed by atoms with E-state index >= 15 is 0 Å². The van der Waals surface area contributed by atoms with E-state index in [2.05, 4.69) is 32.3 Å². The van der Waals surface area contributed by atoms with E-state index < -0.39 is 0 Å². The molecular weight excluding hydrogens is 290 g/mol. The zero-order valence-corrected chi connectivity index (χ0v) is 12.8. The lowest BCUT2D eigenvalue weighted by Crippen LogP contribution is -2.05. The summed E-state index contributed by atoms with van der Waals surface area (Å²) in [6, 6.07) is 13.6. The highest BCUT2D eigenvalue weighted by atomic mass is 16.5. The summed E-state index contributed by atoms with van der Waals surface area (Å²) in [7, 11) is 0. The molecule has 0 aliphatic heterocycles. The van der Waals surface area contributed by atoms with Gasteiger partial charge in [-0.2, -0.15) is 4.98 Å². The van der Waals surface area contributed by atoms with Crippen LogP contribution in [0.25, 0.3) is 11.3 Å². The van der Waals surface area contributed by atoms with Crippen LogP contribution in [0.1, 0.15) is 5.76 Å². The molecule has 2 aromatic heterocycles. The van der Waals surface area contributed by atoms with Crippen LogP contribution in [0.15, 0.2) is 59.6 Å². The highest BCUT2D eigenvalue weighted by Gasteiger charge is 2.08. The quantitative estimate of drug-likeness (QED) is 0.675. The fraction of sp³-hybridized carbons (Fsp3) is 0.118. The maximum Gasteiger partial charge on any atom is 0.231 e. The van der Waals surface area contributed by atoms with Crippen molar-refractivity contribution in [3.05, 3.63) is 60.9 Å². The van der Waals surface area contributed by atoms with Crippen LogP contribution >= 0.6 is 0 Å². The standard InChI is InChI=1S/C17H17N5O/c1-3-9-18-15-11-14(13-7-5-4-6-8-13)19-17(20-15)21-16-10-12(2)23-22-16/h3-8,10-11H,1,9H2,2H3,(H2,18,19,20,21,22). The summed E-state index contributed by atoms with van der Waals surface area (Å²) >= 11 is 0. The summed E-state index contributed by atoms with van der Waals surface area (Å²) in [5.74, 6) is 2.45. The maximum atomic E-state index is 5.05. The van der Waals surface area contributed by atoms with Crippen LogP contribution in [0.4, 0.5) is 17.6 Å². The van der Waals surface area contributed by atoms with Gasteiger partial charge in [0.25, 0.3) is 0 Å². The first-order chi connectivity index (χ1) is 11.2. The van der Waals surface area contributed by atoms with Crippen molar-refractivity contribution >= 4 is 17.6 Å². The second kappa shape index (κ2) is 6.74. The van der Waals surface area contributed by atoms with Gasteiger partial charge >= 0.3 is 0 Å². The van der Waals surface area contributed by atoms with Gasteiger partial charge in [0.05, 0.1) is 5.69 Å². The third-order valence-electron chi connectivity index (χ3n) is 3.09. The summed E-state index contributed by atoms with van der Waals surface area (Å²) in [6.45, 7) is 6.15. The van der Waals surface area contributed by atoms with Gasteiger partial charge in [-0.25, -0.2) is 4.98 Å². The van der Waals surface area contributed by atoms with Gasteiger partial charge in [-0.15, -0.1) is 6.58 Å². The van der Waals surface area contributed by atoms with E-state index in [4.69, 9.17) is 4.52 Å². The van der Waals surface area contributed by atoms with Crippen LogP contribution < -0.4 is 10.6 Å². The molecule has 6 nitrogen and oxygen atoms in total. The average molecular weight is 307 g/mol. The zero-order chi connectivity index (χ0) is 16.1. The molecule has 0 aliphatic rings. The minimum absolute atomic E-state index is 0.450. The molecule has 116 valence electrons. The van der Waals surface area contributed by atoms with Crippen LogP contribution in [0.3, 0.4) is 0 Å². The molecule has 1 aromatic carbocycles. The van der Waals surface area contributed by atoms with Gasteiger partial charge in [-0.3, -0.25) is 0 Å². The molecule has 0 atom stereocenters. The third-order valence-corrected chi connectivity index (χ3v) is 3.09. The minimum atomic E-state index is 0.450. The monoisotopic (exact) mass is 307 g/mol. The molecule has 3 aromatic rings. The number of aryl methyl sites for hydroxylation is 1. The van der Waals surface area contributed by atoms with Gasteiger partial charge in [0.1, 0.15) is 11.6 Å². The van der Waals surface area contributed by atoms with E-state index in [1.165, 1.54) is 0 Å². The number of nitrogens with one attached hydrogen (secondary N) is 2. The number of hydrogen-bond acceptors (Lipinski definition) is 6. The highest BCUT2D eigenvalue weighted by Crippen LogP contribution is 2.22. The summed E-state index contributed by atoms with van der Waals surface area (Å²) < 4.78 is 5.05. The Hall–Kier alpha value is -3.15. The SMILES string of the molecule is C=CCNc1cc(-c2ccccc2)nc(Nc2cc(C)on2)n1. The molecule has 0 unspecified atom stereocenters. The number of hydrogen-bond donors (Lipinski definition) is 2. The van der Waals surface area contributed by atoms with Crippen LogP contribution in [0, 0.1) is 6.92 Å². The molecule has 3 rings (SSSR count). The summed E-state index contributed by atoms with van der Waals surface area (Å²) in [6.07, 6.45) is 1.78. The molecule has 0 amide bonds. The molecule has 23 heavy (non-hydrogen) atoms. The molecule has 0 radical (unpaired) electrons. The molecule has 0 spiro atoms. The van der Waals surface area contributed by atoms with Crippen molar-refractivity contribution in [1.82, 2.24) is 15.1 Å². The average Bonchev–Trinajstić information content (AvgIpc) is 2.98. The number of benzene rings is 1. The second-order valence-electron chi connectivity index (χ2n) is 4.95. The van der Waals surface area contributed by atoms with Gasteiger partial charge in [-0.1, -0.05) is 41.6 Å². The molecular formula is C17H17N5O. The van der Waals surface area contributed by atoms with Crippen molar-refractivity contribution in [3.63, 3.8) is 0 Å². The van der Waals surface area contributed by atoms with Crippen molar-refractivity contribution < 1.29 is 4.52 Å². The Kier molecular flexibility index (Phi) is 4.33. The number of aromatic nitrogens is 3. The zero-order valence-electron chi connectivity index (χ0n) is 12.8. The van der Waals surface area contributed by atoms with Gasteiger partial charge < -0.3 is 15.2 Å². The Labute approximate surface area is 134 Å². The Bertz CT molecular complexity index is 798. The molecule has 2 N–H and O–H groups in total. The summed E-state index contributed by atoms with van der Waals surface area (Å²) in [5.41, 5.74) is 1.82. The lowest BCUT2D eigenvalue weighted by Gasteiger charge is -2.09. The summed E-state index contributed by atoms with van der Waals surface area (Å²) in [4.78, 5) is 8.98. The van der Waals surface area contributed by atoms with Crippen molar-refractivity contribution in [3.8, 4) is 11.3 Å². The van der Waals surface area contributed by atoms with Gasteiger partial charge in [0.2, 0.25) is 5.95 Å². The first-order valence-electron chi connectivity index (χ1n) is 7.24. The predicted molar refractivity (Wildman–Crippen MR) is 90.7 cm³/mol. The lowest BCUT2D eigenvalue weighted by atomic mass is 10.1. The van der Waals surface area contributed by atoms with Gasteiger partial charge in [0.15, 0.2) is 5.82 Å². The molecule has 0 aliphatic carbocycles. The Morgan fingerprint density at radius 1 is 1.13 bits per heavy atom. The molecule has 0 saturated carbocycles. The third kappa shape index (κ3) is 3.74. The van der Waals surface area contributed by atoms with Crippen molar-refractivity contribution in [2.75, 3.05) is 17.2 Å². The van der Waals surface area contributed by atoms with Crippen molar-refractivity contribution in [2.45, 2.75) is 6.92 Å². The first kappa shape index (κ1) is 14.8. The maximum absolute atomic E-state index is 5.05. The fourth-order valence-corrected chi connectivity index (χ4v) is 2.07. The van der Waals surface area contributed by atoms with Crippen LogP contribution in [-0.4, -0.2) is 21.7 Å². The Morgan fingerprint density at radius 3 is 2.65 bits per heavy atom. The van der Waals surface area contributed by atoms with Crippen LogP contribution in [0.2, 0.25) is 0 Å². The fourth-order valence-electron chi connectivity index (χ4n) is 2.07. The highest BCUT2D eigenvalue weighted by molar-refractivity contribution is 5.65.